The highest BCUT2D eigenvalue weighted by molar-refractivity contribution is 8.26. The van der Waals surface area contributed by atoms with E-state index in [2.05, 4.69) is 0 Å². The Labute approximate surface area is 129 Å². The standard InChI is InChI=1S/C11H15NO5S3/c1-11(16)4-19-10(20-11)5(9(14)15)12-7(13)6(17-2)8(12)18-3/h6,8,16H,4H2,1-3H3,(H,14,15). The van der Waals surface area contributed by atoms with E-state index in [0.29, 0.717) is 9.99 Å². The fourth-order valence-corrected chi connectivity index (χ4v) is 5.65. The molecule has 0 aliphatic carbocycles. The van der Waals surface area contributed by atoms with Gasteiger partial charge in [-0.05, 0) is 13.2 Å². The normalized spacial score (nSPS) is 36.0. The summed E-state index contributed by atoms with van der Waals surface area (Å²) in [6.45, 7) is 1.62. The number of carbonyl (C=O) groups is 2. The van der Waals surface area contributed by atoms with Gasteiger partial charge in [0.2, 0.25) is 0 Å². The molecule has 0 bridgehead atoms. The molecule has 0 aromatic rings. The second kappa shape index (κ2) is 5.80. The third kappa shape index (κ3) is 2.69. The molecule has 0 radical (unpaired) electrons. The molecule has 112 valence electrons. The molecule has 0 aromatic heterocycles. The molecule has 1 amide bonds. The third-order valence-corrected chi connectivity index (χ3v) is 6.76. The summed E-state index contributed by atoms with van der Waals surface area (Å²) in [6.07, 6.45) is 1.18. The van der Waals surface area contributed by atoms with Crippen molar-refractivity contribution in [2.24, 2.45) is 0 Å². The van der Waals surface area contributed by atoms with E-state index in [-0.39, 0.29) is 17.0 Å². The first-order valence-electron chi connectivity index (χ1n) is 5.73. The van der Waals surface area contributed by atoms with E-state index in [1.807, 2.05) is 0 Å². The summed E-state index contributed by atoms with van der Waals surface area (Å²) in [5.74, 6) is -1.13. The van der Waals surface area contributed by atoms with Crippen LogP contribution in [-0.2, 0) is 14.3 Å². The molecule has 6 nitrogen and oxygen atoms in total. The number of β-lactam (4-membered cyclic amide) rings is 1. The van der Waals surface area contributed by atoms with E-state index in [1.165, 1.54) is 35.5 Å². The van der Waals surface area contributed by atoms with E-state index < -0.39 is 17.0 Å². The Bertz CT molecular complexity index is 479. The molecule has 3 atom stereocenters. The van der Waals surface area contributed by atoms with Crippen LogP contribution in [0.2, 0.25) is 0 Å². The Morgan fingerprint density at radius 1 is 1.60 bits per heavy atom. The maximum Gasteiger partial charge on any atom is 0.354 e. The molecule has 2 fully saturated rings. The molecule has 2 saturated heterocycles. The molecular weight excluding hydrogens is 322 g/mol. The van der Waals surface area contributed by atoms with Gasteiger partial charge in [0.15, 0.2) is 11.8 Å². The van der Waals surface area contributed by atoms with Gasteiger partial charge in [-0.3, -0.25) is 9.69 Å². The summed E-state index contributed by atoms with van der Waals surface area (Å²) in [6, 6.07) is 0. The number of carboxylic acid groups (broad SMARTS) is 1. The highest BCUT2D eigenvalue weighted by Crippen LogP contribution is 2.50. The summed E-state index contributed by atoms with van der Waals surface area (Å²) in [7, 11) is 1.43. The zero-order valence-corrected chi connectivity index (χ0v) is 13.6. The summed E-state index contributed by atoms with van der Waals surface area (Å²) >= 11 is 3.70. The number of hydrogen-bond donors (Lipinski definition) is 2. The molecule has 9 heteroatoms. The van der Waals surface area contributed by atoms with Crippen LogP contribution in [0.4, 0.5) is 0 Å². The number of methoxy groups -OCH3 is 1. The smallest absolute Gasteiger partial charge is 0.354 e. The van der Waals surface area contributed by atoms with E-state index in [4.69, 9.17) is 4.74 Å². The molecule has 2 heterocycles. The van der Waals surface area contributed by atoms with E-state index in [9.17, 15) is 19.8 Å². The zero-order valence-electron chi connectivity index (χ0n) is 11.2. The monoisotopic (exact) mass is 337 g/mol. The van der Waals surface area contributed by atoms with Crippen LogP contribution in [0.3, 0.4) is 0 Å². The molecule has 2 rings (SSSR count). The van der Waals surface area contributed by atoms with Gasteiger partial charge in [-0.15, -0.1) is 23.5 Å². The average molecular weight is 337 g/mol. The minimum Gasteiger partial charge on any atom is -0.477 e. The molecule has 2 N–H and O–H groups in total. The second-order valence-corrected chi connectivity index (χ2v) is 8.19. The fraction of sp³-hybridized carbons (Fsp3) is 0.636. The van der Waals surface area contributed by atoms with Crippen LogP contribution in [0.15, 0.2) is 9.93 Å². The number of likely N-dealkylation sites (tertiary alicyclic amines) is 1. The van der Waals surface area contributed by atoms with Crippen LogP contribution in [0, 0.1) is 0 Å². The molecule has 0 aromatic carbocycles. The number of amides is 1. The van der Waals surface area contributed by atoms with Gasteiger partial charge in [0, 0.05) is 12.9 Å². The number of thioether (sulfide) groups is 3. The SMILES string of the molecule is COC1C(=O)N(C(C(=O)O)=C2SCC(C)(O)S2)C1SC. The van der Waals surface area contributed by atoms with E-state index in [0.717, 1.165) is 11.8 Å². The van der Waals surface area contributed by atoms with Crippen molar-refractivity contribution in [2.75, 3.05) is 19.1 Å². The number of carboxylic acids is 1. The number of aliphatic hydroxyl groups is 1. The quantitative estimate of drug-likeness (QED) is 0.580. The van der Waals surface area contributed by atoms with Gasteiger partial charge in [0.25, 0.3) is 5.91 Å². The Balaban J connectivity index is 2.34. The largest absolute Gasteiger partial charge is 0.477 e. The lowest BCUT2D eigenvalue weighted by Crippen LogP contribution is -2.64. The van der Waals surface area contributed by atoms with Crippen molar-refractivity contribution in [3.8, 4) is 0 Å². The number of carbonyl (C=O) groups excluding carboxylic acids is 1. The van der Waals surface area contributed by atoms with Gasteiger partial charge >= 0.3 is 5.97 Å². The average Bonchev–Trinajstić information content (AvgIpc) is 2.71. The Morgan fingerprint density at radius 2 is 2.25 bits per heavy atom. The predicted molar refractivity (Wildman–Crippen MR) is 80.3 cm³/mol. The fourth-order valence-electron chi connectivity index (χ4n) is 1.98. The van der Waals surface area contributed by atoms with Crippen LogP contribution in [0.25, 0.3) is 0 Å². The highest BCUT2D eigenvalue weighted by atomic mass is 32.2. The second-order valence-electron chi connectivity index (χ2n) is 4.50. The molecule has 2 aliphatic rings. The first kappa shape index (κ1) is 16.0. The van der Waals surface area contributed by atoms with Crippen LogP contribution in [0.5, 0.6) is 0 Å². The summed E-state index contributed by atoms with van der Waals surface area (Å²) < 4.78 is 5.54. The number of rotatable bonds is 4. The molecule has 2 aliphatic heterocycles. The summed E-state index contributed by atoms with van der Waals surface area (Å²) in [5, 5.41) is 19.0. The van der Waals surface area contributed by atoms with E-state index in [1.54, 1.807) is 13.2 Å². The first-order chi connectivity index (χ1) is 9.32. The minimum atomic E-state index is -1.17. The van der Waals surface area contributed by atoms with Crippen molar-refractivity contribution < 1.29 is 24.5 Å². The maximum absolute atomic E-state index is 12.0. The lowest BCUT2D eigenvalue weighted by atomic mass is 10.1. The molecule has 0 saturated carbocycles. The first-order valence-corrected chi connectivity index (χ1v) is 8.82. The van der Waals surface area contributed by atoms with Crippen molar-refractivity contribution in [1.29, 1.82) is 0 Å². The minimum absolute atomic E-state index is 0.0598. The van der Waals surface area contributed by atoms with E-state index >= 15 is 0 Å². The van der Waals surface area contributed by atoms with Crippen LogP contribution in [0.1, 0.15) is 6.92 Å². The summed E-state index contributed by atoms with van der Waals surface area (Å²) in [4.78, 5) is 23.8. The number of ether oxygens (including phenoxy) is 1. The molecule has 3 unspecified atom stereocenters. The van der Waals surface area contributed by atoms with Gasteiger partial charge in [-0.25, -0.2) is 4.79 Å². The number of hydrogen-bond acceptors (Lipinski definition) is 7. The summed E-state index contributed by atoms with van der Waals surface area (Å²) in [5.41, 5.74) is -0.0598. The topological polar surface area (TPSA) is 87.1 Å². The van der Waals surface area contributed by atoms with Gasteiger partial charge in [-0.2, -0.15) is 0 Å². The molecule has 20 heavy (non-hydrogen) atoms. The van der Waals surface area contributed by atoms with Crippen molar-refractivity contribution in [3.63, 3.8) is 0 Å². The third-order valence-electron chi connectivity index (χ3n) is 2.91. The van der Waals surface area contributed by atoms with Crippen LogP contribution in [-0.4, -0.2) is 62.5 Å². The van der Waals surface area contributed by atoms with Crippen molar-refractivity contribution >= 4 is 47.2 Å². The predicted octanol–water partition coefficient (Wildman–Crippen LogP) is 0.975. The molecular formula is C11H15NO5S3. The van der Waals surface area contributed by atoms with Crippen molar-refractivity contribution in [3.05, 3.63) is 9.93 Å². The van der Waals surface area contributed by atoms with Gasteiger partial charge < -0.3 is 14.9 Å². The lowest BCUT2D eigenvalue weighted by molar-refractivity contribution is -0.161. The van der Waals surface area contributed by atoms with Crippen LogP contribution >= 0.6 is 35.3 Å². The highest BCUT2D eigenvalue weighted by Gasteiger charge is 2.52. The Kier molecular flexibility index (Phi) is 4.65. The Hall–Kier alpha value is -0.350. The Morgan fingerprint density at radius 3 is 2.65 bits per heavy atom. The lowest BCUT2D eigenvalue weighted by Gasteiger charge is -2.45. The zero-order chi connectivity index (χ0) is 15.1. The number of aliphatic carboxylic acids is 1. The van der Waals surface area contributed by atoms with Gasteiger partial charge in [-0.1, -0.05) is 11.8 Å². The van der Waals surface area contributed by atoms with Gasteiger partial charge in [0.05, 0.1) is 4.24 Å². The van der Waals surface area contributed by atoms with Crippen LogP contribution < -0.4 is 0 Å². The van der Waals surface area contributed by atoms with Gasteiger partial charge in [0.1, 0.15) is 10.3 Å². The maximum atomic E-state index is 12.0. The van der Waals surface area contributed by atoms with Crippen molar-refractivity contribution in [2.45, 2.75) is 23.3 Å². The number of nitrogens with zero attached hydrogens (tertiary/aromatic N) is 1. The van der Waals surface area contributed by atoms with Crippen molar-refractivity contribution in [1.82, 2.24) is 4.90 Å². The molecule has 0 spiro atoms.